The molecule has 0 saturated heterocycles. The lowest BCUT2D eigenvalue weighted by Crippen LogP contribution is -2.23. The van der Waals surface area contributed by atoms with E-state index in [1.165, 1.54) is 11.3 Å². The van der Waals surface area contributed by atoms with E-state index in [9.17, 15) is 8.42 Å². The molecule has 0 spiro atoms. The van der Waals surface area contributed by atoms with E-state index in [1.807, 2.05) is 19.9 Å². The van der Waals surface area contributed by atoms with E-state index < -0.39 is 10.0 Å². The van der Waals surface area contributed by atoms with Gasteiger partial charge in [-0.1, -0.05) is 13.8 Å². The first-order chi connectivity index (χ1) is 6.60. The SMILES string of the molecule is CCCNS(=O)(=O)c1ccc(CC)s1. The van der Waals surface area contributed by atoms with Gasteiger partial charge in [-0.2, -0.15) is 0 Å². The van der Waals surface area contributed by atoms with Crippen LogP contribution in [0.3, 0.4) is 0 Å². The molecule has 1 N–H and O–H groups in total. The highest BCUT2D eigenvalue weighted by molar-refractivity contribution is 7.91. The molecule has 1 aromatic rings. The van der Waals surface area contributed by atoms with Crippen LogP contribution in [0, 0.1) is 0 Å². The molecular weight excluding hydrogens is 218 g/mol. The highest BCUT2D eigenvalue weighted by Crippen LogP contribution is 2.21. The Balaban J connectivity index is 2.81. The molecule has 0 bridgehead atoms. The van der Waals surface area contributed by atoms with E-state index in [0.29, 0.717) is 10.8 Å². The molecule has 0 aliphatic rings. The number of nitrogens with one attached hydrogen (secondary N) is 1. The third-order valence-electron chi connectivity index (χ3n) is 1.79. The van der Waals surface area contributed by atoms with E-state index in [0.717, 1.165) is 17.7 Å². The van der Waals surface area contributed by atoms with Gasteiger partial charge in [0, 0.05) is 11.4 Å². The van der Waals surface area contributed by atoms with Crippen molar-refractivity contribution >= 4 is 21.4 Å². The Labute approximate surface area is 89.2 Å². The normalized spacial score (nSPS) is 11.9. The smallest absolute Gasteiger partial charge is 0.210 e. The molecule has 0 radical (unpaired) electrons. The van der Waals surface area contributed by atoms with Crippen LogP contribution in [0.2, 0.25) is 0 Å². The van der Waals surface area contributed by atoms with Crippen LogP contribution in [0.5, 0.6) is 0 Å². The molecule has 0 saturated carbocycles. The zero-order valence-electron chi connectivity index (χ0n) is 8.41. The maximum atomic E-state index is 11.6. The molecular formula is C9H15NO2S2. The molecule has 80 valence electrons. The van der Waals surface area contributed by atoms with Gasteiger partial charge in [0.2, 0.25) is 10.0 Å². The van der Waals surface area contributed by atoms with Gasteiger partial charge in [0.05, 0.1) is 0 Å². The van der Waals surface area contributed by atoms with Gasteiger partial charge < -0.3 is 0 Å². The van der Waals surface area contributed by atoms with Crippen LogP contribution < -0.4 is 4.72 Å². The summed E-state index contributed by atoms with van der Waals surface area (Å²) in [5.74, 6) is 0. The summed E-state index contributed by atoms with van der Waals surface area (Å²) in [5, 5.41) is 0. The Bertz CT molecular complexity index is 381. The molecule has 1 aromatic heterocycles. The summed E-state index contributed by atoms with van der Waals surface area (Å²) in [6, 6.07) is 3.53. The summed E-state index contributed by atoms with van der Waals surface area (Å²) < 4.78 is 26.2. The fraction of sp³-hybridized carbons (Fsp3) is 0.556. The molecule has 0 aliphatic heterocycles. The molecule has 0 aromatic carbocycles. The van der Waals surface area contributed by atoms with Crippen molar-refractivity contribution in [2.24, 2.45) is 0 Å². The number of rotatable bonds is 5. The Morgan fingerprint density at radius 3 is 2.57 bits per heavy atom. The minimum Gasteiger partial charge on any atom is -0.210 e. The third kappa shape index (κ3) is 2.80. The van der Waals surface area contributed by atoms with Crippen molar-refractivity contribution in [1.29, 1.82) is 0 Å². The zero-order valence-corrected chi connectivity index (χ0v) is 10.0. The van der Waals surface area contributed by atoms with Gasteiger partial charge in [0.1, 0.15) is 4.21 Å². The van der Waals surface area contributed by atoms with Crippen LogP contribution in [-0.4, -0.2) is 15.0 Å². The number of sulfonamides is 1. The first kappa shape index (κ1) is 11.7. The number of aryl methyl sites for hydroxylation is 1. The summed E-state index contributed by atoms with van der Waals surface area (Å²) >= 11 is 1.34. The van der Waals surface area contributed by atoms with Crippen molar-refractivity contribution in [2.75, 3.05) is 6.54 Å². The molecule has 1 rings (SSSR count). The summed E-state index contributed by atoms with van der Waals surface area (Å²) in [4.78, 5) is 1.10. The Morgan fingerprint density at radius 1 is 1.36 bits per heavy atom. The van der Waals surface area contributed by atoms with Crippen molar-refractivity contribution in [3.05, 3.63) is 17.0 Å². The fourth-order valence-electron chi connectivity index (χ4n) is 1.00. The van der Waals surface area contributed by atoms with Gasteiger partial charge in [0.25, 0.3) is 0 Å². The van der Waals surface area contributed by atoms with Crippen molar-refractivity contribution in [3.63, 3.8) is 0 Å². The van der Waals surface area contributed by atoms with Gasteiger partial charge in [-0.15, -0.1) is 11.3 Å². The number of hydrogen-bond acceptors (Lipinski definition) is 3. The maximum Gasteiger partial charge on any atom is 0.250 e. The molecule has 0 atom stereocenters. The number of thiophene rings is 1. The second-order valence-electron chi connectivity index (χ2n) is 2.97. The topological polar surface area (TPSA) is 46.2 Å². The van der Waals surface area contributed by atoms with Gasteiger partial charge in [-0.25, -0.2) is 13.1 Å². The van der Waals surface area contributed by atoms with Crippen molar-refractivity contribution < 1.29 is 8.42 Å². The Hall–Kier alpha value is -0.390. The largest absolute Gasteiger partial charge is 0.250 e. The lowest BCUT2D eigenvalue weighted by atomic mass is 10.4. The predicted molar refractivity (Wildman–Crippen MR) is 59.2 cm³/mol. The predicted octanol–water partition coefficient (Wildman–Crippen LogP) is 2.00. The summed E-state index contributed by atoms with van der Waals surface area (Å²) in [5.41, 5.74) is 0. The van der Waals surface area contributed by atoms with Crippen LogP contribution in [0.15, 0.2) is 16.3 Å². The second kappa shape index (κ2) is 4.91. The van der Waals surface area contributed by atoms with Gasteiger partial charge in [0.15, 0.2) is 0 Å². The summed E-state index contributed by atoms with van der Waals surface area (Å²) in [6.07, 6.45) is 1.69. The van der Waals surface area contributed by atoms with E-state index in [4.69, 9.17) is 0 Å². The quantitative estimate of drug-likeness (QED) is 0.845. The molecule has 0 aliphatic carbocycles. The summed E-state index contributed by atoms with van der Waals surface area (Å²) in [7, 11) is -3.24. The van der Waals surface area contributed by atoms with Crippen LogP contribution >= 0.6 is 11.3 Å². The summed E-state index contributed by atoms with van der Waals surface area (Å²) in [6.45, 7) is 4.46. The van der Waals surface area contributed by atoms with Crippen LogP contribution in [0.4, 0.5) is 0 Å². The molecule has 0 amide bonds. The van der Waals surface area contributed by atoms with Crippen LogP contribution in [-0.2, 0) is 16.4 Å². The van der Waals surface area contributed by atoms with Crippen molar-refractivity contribution in [2.45, 2.75) is 30.9 Å². The maximum absolute atomic E-state index is 11.6. The average molecular weight is 233 g/mol. The van der Waals surface area contributed by atoms with E-state index >= 15 is 0 Å². The second-order valence-corrected chi connectivity index (χ2v) is 6.13. The molecule has 1 heterocycles. The molecule has 0 fully saturated rings. The first-order valence-corrected chi connectivity index (χ1v) is 6.98. The molecule has 3 nitrogen and oxygen atoms in total. The standard InChI is InChI=1S/C9H15NO2S2/c1-3-7-10-14(11,12)9-6-5-8(4-2)13-9/h5-6,10H,3-4,7H2,1-2H3. The minimum atomic E-state index is -3.24. The first-order valence-electron chi connectivity index (χ1n) is 4.68. The average Bonchev–Trinajstić information content (AvgIpc) is 2.63. The number of hydrogen-bond donors (Lipinski definition) is 1. The zero-order chi connectivity index (χ0) is 10.6. The highest BCUT2D eigenvalue weighted by atomic mass is 32.2. The fourth-order valence-corrected chi connectivity index (χ4v) is 3.47. The van der Waals surface area contributed by atoms with Crippen molar-refractivity contribution in [1.82, 2.24) is 4.72 Å². The lowest BCUT2D eigenvalue weighted by molar-refractivity contribution is 0.583. The minimum absolute atomic E-state index is 0.419. The highest BCUT2D eigenvalue weighted by Gasteiger charge is 2.14. The van der Waals surface area contributed by atoms with E-state index in [1.54, 1.807) is 6.07 Å². The lowest BCUT2D eigenvalue weighted by Gasteiger charge is -2.01. The van der Waals surface area contributed by atoms with Crippen LogP contribution in [0.1, 0.15) is 25.1 Å². The third-order valence-corrected chi connectivity index (χ3v) is 4.97. The Kier molecular flexibility index (Phi) is 4.10. The van der Waals surface area contributed by atoms with Gasteiger partial charge >= 0.3 is 0 Å². The molecule has 0 unspecified atom stereocenters. The van der Waals surface area contributed by atoms with E-state index in [2.05, 4.69) is 4.72 Å². The van der Waals surface area contributed by atoms with Crippen molar-refractivity contribution in [3.8, 4) is 0 Å². The monoisotopic (exact) mass is 233 g/mol. The molecule has 14 heavy (non-hydrogen) atoms. The van der Waals surface area contributed by atoms with Gasteiger partial charge in [-0.3, -0.25) is 0 Å². The van der Waals surface area contributed by atoms with E-state index in [-0.39, 0.29) is 0 Å². The molecule has 5 heteroatoms. The Morgan fingerprint density at radius 2 is 2.07 bits per heavy atom. The van der Waals surface area contributed by atoms with Crippen LogP contribution in [0.25, 0.3) is 0 Å². The van der Waals surface area contributed by atoms with Gasteiger partial charge in [-0.05, 0) is 25.0 Å².